The Bertz CT molecular complexity index is 594. The van der Waals surface area contributed by atoms with Crippen LogP contribution in [-0.2, 0) is 0 Å². The van der Waals surface area contributed by atoms with Gasteiger partial charge >= 0.3 is 12.5 Å². The lowest BCUT2D eigenvalue weighted by atomic mass is 10.0. The fourth-order valence-electron chi connectivity index (χ4n) is 1.65. The Hall–Kier alpha value is -2.24. The Morgan fingerprint density at radius 1 is 1.44 bits per heavy atom. The Morgan fingerprint density at radius 2 is 2.17 bits per heavy atom. The Balaban J connectivity index is 2.48. The number of halogens is 2. The van der Waals surface area contributed by atoms with Gasteiger partial charge in [0.25, 0.3) is 0 Å². The zero-order valence-corrected chi connectivity index (χ0v) is 9.47. The van der Waals surface area contributed by atoms with Crippen molar-refractivity contribution in [3.63, 3.8) is 0 Å². The topological polar surface area (TPSA) is 55.1 Å². The normalized spacial score (nSPS) is 10.9. The summed E-state index contributed by atoms with van der Waals surface area (Å²) in [5, 5.41) is 12.4. The van der Waals surface area contributed by atoms with Crippen LogP contribution in [0, 0.1) is 6.92 Å². The van der Waals surface area contributed by atoms with E-state index in [-0.39, 0.29) is 5.56 Å². The third-order valence-electron chi connectivity index (χ3n) is 2.60. The molecule has 18 heavy (non-hydrogen) atoms. The van der Waals surface area contributed by atoms with Crippen molar-refractivity contribution in [2.45, 2.75) is 13.5 Å². The minimum atomic E-state index is -2.71. The summed E-state index contributed by atoms with van der Waals surface area (Å²) in [6, 6.07) is 4.56. The first kappa shape index (κ1) is 12.2. The molecule has 0 unspecified atom stereocenters. The van der Waals surface area contributed by atoms with E-state index in [4.69, 9.17) is 5.11 Å². The Labute approximate surface area is 101 Å². The first-order chi connectivity index (χ1) is 8.49. The number of nitrogens with zero attached hydrogens (tertiary/aromatic N) is 2. The Morgan fingerprint density at radius 3 is 2.72 bits per heavy atom. The van der Waals surface area contributed by atoms with Crippen molar-refractivity contribution in [3.05, 3.63) is 41.7 Å². The molecule has 94 valence electrons. The first-order valence-corrected chi connectivity index (χ1v) is 5.15. The number of benzene rings is 1. The maximum absolute atomic E-state index is 12.4. The van der Waals surface area contributed by atoms with E-state index in [1.807, 2.05) is 0 Å². The molecule has 0 bridgehead atoms. The molecule has 1 aromatic heterocycles. The van der Waals surface area contributed by atoms with Gasteiger partial charge in [0.05, 0.1) is 11.8 Å². The van der Waals surface area contributed by atoms with Gasteiger partial charge in [0.15, 0.2) is 0 Å². The molecule has 1 aromatic carbocycles. The number of hydrogen-bond donors (Lipinski definition) is 1. The second kappa shape index (κ2) is 4.56. The molecular weight excluding hydrogens is 242 g/mol. The van der Waals surface area contributed by atoms with Gasteiger partial charge in [-0.15, -0.1) is 0 Å². The van der Waals surface area contributed by atoms with Gasteiger partial charge in [-0.3, -0.25) is 0 Å². The standard InChI is InChI=1S/C12H10F2N2O2/c1-7-2-3-8(11(17)18)4-10(7)9-5-15-16(6-9)12(13)14/h2-6,12H,1H3,(H,17,18). The maximum Gasteiger partial charge on any atom is 0.335 e. The van der Waals surface area contributed by atoms with Crippen molar-refractivity contribution in [1.29, 1.82) is 0 Å². The molecule has 0 aliphatic carbocycles. The molecular formula is C12H10F2N2O2. The zero-order valence-electron chi connectivity index (χ0n) is 9.47. The summed E-state index contributed by atoms with van der Waals surface area (Å²) in [4.78, 5) is 10.9. The van der Waals surface area contributed by atoms with Crippen molar-refractivity contribution in [2.75, 3.05) is 0 Å². The smallest absolute Gasteiger partial charge is 0.335 e. The van der Waals surface area contributed by atoms with Crippen LogP contribution >= 0.6 is 0 Å². The second-order valence-corrected chi connectivity index (χ2v) is 3.82. The molecule has 0 amide bonds. The van der Waals surface area contributed by atoms with E-state index in [1.54, 1.807) is 13.0 Å². The molecule has 1 N–H and O–H groups in total. The lowest BCUT2D eigenvalue weighted by Gasteiger charge is -2.04. The highest BCUT2D eigenvalue weighted by atomic mass is 19.3. The zero-order chi connectivity index (χ0) is 13.3. The molecule has 0 saturated carbocycles. The lowest BCUT2D eigenvalue weighted by molar-refractivity contribution is 0.0566. The summed E-state index contributed by atoms with van der Waals surface area (Å²) in [6.07, 6.45) is 2.48. The molecule has 0 radical (unpaired) electrons. The predicted octanol–water partition coefficient (Wildman–Crippen LogP) is 2.95. The van der Waals surface area contributed by atoms with Crippen molar-refractivity contribution >= 4 is 5.97 Å². The van der Waals surface area contributed by atoms with E-state index in [0.717, 1.165) is 5.56 Å². The van der Waals surface area contributed by atoms with Gasteiger partial charge in [-0.05, 0) is 30.2 Å². The van der Waals surface area contributed by atoms with Gasteiger partial charge in [-0.25, -0.2) is 9.48 Å². The largest absolute Gasteiger partial charge is 0.478 e. The molecule has 6 heteroatoms. The molecule has 0 saturated heterocycles. The summed E-state index contributed by atoms with van der Waals surface area (Å²) in [5.74, 6) is -1.06. The van der Waals surface area contributed by atoms with Gasteiger partial charge in [0.1, 0.15) is 0 Å². The molecule has 0 atom stereocenters. The Kier molecular flexibility index (Phi) is 3.10. The molecule has 2 rings (SSSR count). The van der Waals surface area contributed by atoms with Crippen molar-refractivity contribution in [1.82, 2.24) is 9.78 Å². The minimum Gasteiger partial charge on any atom is -0.478 e. The third kappa shape index (κ3) is 2.22. The SMILES string of the molecule is Cc1ccc(C(=O)O)cc1-c1cnn(C(F)F)c1. The summed E-state index contributed by atoms with van der Waals surface area (Å²) >= 11 is 0. The summed E-state index contributed by atoms with van der Waals surface area (Å²) < 4.78 is 25.4. The van der Waals surface area contributed by atoms with Crippen LogP contribution in [0.15, 0.2) is 30.6 Å². The molecule has 0 aliphatic rings. The van der Waals surface area contributed by atoms with Gasteiger partial charge in [0, 0.05) is 11.8 Å². The van der Waals surface area contributed by atoms with E-state index in [9.17, 15) is 13.6 Å². The van der Waals surface area contributed by atoms with Crippen LogP contribution in [0.3, 0.4) is 0 Å². The van der Waals surface area contributed by atoms with Gasteiger partial charge in [-0.1, -0.05) is 6.07 Å². The summed E-state index contributed by atoms with van der Waals surface area (Å²) in [6.45, 7) is -0.928. The number of carbonyl (C=O) groups is 1. The van der Waals surface area contributed by atoms with Gasteiger partial charge in [-0.2, -0.15) is 13.9 Å². The van der Waals surface area contributed by atoms with E-state index in [1.165, 1.54) is 24.5 Å². The quantitative estimate of drug-likeness (QED) is 0.913. The highest BCUT2D eigenvalue weighted by Crippen LogP contribution is 2.25. The number of carboxylic acid groups (broad SMARTS) is 1. The monoisotopic (exact) mass is 252 g/mol. The van der Waals surface area contributed by atoms with E-state index >= 15 is 0 Å². The fourth-order valence-corrected chi connectivity index (χ4v) is 1.65. The van der Waals surface area contributed by atoms with Crippen LogP contribution in [0.25, 0.3) is 11.1 Å². The number of aryl methyl sites for hydroxylation is 1. The molecule has 4 nitrogen and oxygen atoms in total. The van der Waals surface area contributed by atoms with Crippen molar-refractivity contribution < 1.29 is 18.7 Å². The van der Waals surface area contributed by atoms with Gasteiger partial charge in [0.2, 0.25) is 0 Å². The average Bonchev–Trinajstić information content (AvgIpc) is 2.78. The number of aromatic nitrogens is 2. The summed E-state index contributed by atoms with van der Waals surface area (Å²) in [5.41, 5.74) is 1.96. The van der Waals surface area contributed by atoms with E-state index in [0.29, 0.717) is 15.8 Å². The third-order valence-corrected chi connectivity index (χ3v) is 2.60. The lowest BCUT2D eigenvalue weighted by Crippen LogP contribution is -1.98. The van der Waals surface area contributed by atoms with Crippen molar-refractivity contribution in [2.24, 2.45) is 0 Å². The molecule has 2 aromatic rings. The van der Waals surface area contributed by atoms with Gasteiger partial charge < -0.3 is 5.11 Å². The van der Waals surface area contributed by atoms with Crippen LogP contribution in [0.2, 0.25) is 0 Å². The van der Waals surface area contributed by atoms with Crippen LogP contribution in [0.1, 0.15) is 22.5 Å². The minimum absolute atomic E-state index is 0.111. The van der Waals surface area contributed by atoms with Crippen molar-refractivity contribution in [3.8, 4) is 11.1 Å². The van der Waals surface area contributed by atoms with Crippen LogP contribution in [0.5, 0.6) is 0 Å². The highest BCUT2D eigenvalue weighted by Gasteiger charge is 2.12. The van der Waals surface area contributed by atoms with Crippen LogP contribution in [0.4, 0.5) is 8.78 Å². The van der Waals surface area contributed by atoms with Crippen LogP contribution < -0.4 is 0 Å². The number of aromatic carboxylic acids is 1. The fraction of sp³-hybridized carbons (Fsp3) is 0.167. The first-order valence-electron chi connectivity index (χ1n) is 5.15. The van der Waals surface area contributed by atoms with E-state index in [2.05, 4.69) is 5.10 Å². The highest BCUT2D eigenvalue weighted by molar-refractivity contribution is 5.89. The number of alkyl halides is 2. The number of hydrogen-bond acceptors (Lipinski definition) is 2. The van der Waals surface area contributed by atoms with Crippen LogP contribution in [-0.4, -0.2) is 20.9 Å². The number of rotatable bonds is 3. The predicted molar refractivity (Wildman–Crippen MR) is 60.6 cm³/mol. The average molecular weight is 252 g/mol. The van der Waals surface area contributed by atoms with E-state index < -0.39 is 12.5 Å². The maximum atomic E-state index is 12.4. The second-order valence-electron chi connectivity index (χ2n) is 3.82. The molecule has 0 fully saturated rings. The number of carboxylic acids is 1. The molecule has 0 aliphatic heterocycles. The summed E-state index contributed by atoms with van der Waals surface area (Å²) in [7, 11) is 0. The molecule has 0 spiro atoms. The molecule has 1 heterocycles.